The molecule has 3 aromatic rings. The second-order valence-corrected chi connectivity index (χ2v) is 7.69. The molecule has 138 valence electrons. The summed E-state index contributed by atoms with van der Waals surface area (Å²) in [5.74, 6) is -0.521. The zero-order valence-corrected chi connectivity index (χ0v) is 16.6. The molecule has 2 N–H and O–H groups in total. The number of nitrogens with one attached hydrogen (secondary N) is 2. The lowest BCUT2D eigenvalue weighted by Gasteiger charge is -2.11. The molecule has 0 atom stereocenters. The highest BCUT2D eigenvalue weighted by Crippen LogP contribution is 2.29. The predicted octanol–water partition coefficient (Wildman–Crippen LogP) is 5.05. The van der Waals surface area contributed by atoms with Crippen LogP contribution < -0.4 is 10.6 Å². The Morgan fingerprint density at radius 2 is 1.63 bits per heavy atom. The molecule has 0 aliphatic carbocycles. The van der Waals surface area contributed by atoms with E-state index in [9.17, 15) is 9.59 Å². The van der Waals surface area contributed by atoms with Crippen LogP contribution in [-0.4, -0.2) is 18.4 Å². The van der Waals surface area contributed by atoms with Crippen LogP contribution in [0.4, 0.5) is 5.69 Å². The number of amides is 2. The maximum absolute atomic E-state index is 12.3. The Labute approximate surface area is 167 Å². The maximum atomic E-state index is 12.3. The molecule has 0 bridgehead atoms. The smallest absolute Gasteiger partial charge is 0.261 e. The van der Waals surface area contributed by atoms with Crippen LogP contribution in [0.3, 0.4) is 0 Å². The van der Waals surface area contributed by atoms with Crippen molar-refractivity contribution < 1.29 is 9.59 Å². The lowest BCUT2D eigenvalue weighted by molar-refractivity contribution is -0.115. The molecule has 0 spiro atoms. The van der Waals surface area contributed by atoms with Gasteiger partial charge in [0.25, 0.3) is 5.91 Å². The standard InChI is InChI=1S/C21H19ClN2O2S/c1-13-4-3-5-14(2)20(13)24-19(25)12-23-21(26)18-11-10-17(27-18)15-6-8-16(22)9-7-15/h3-11H,12H2,1-2H3,(H,23,26)(H,24,25). The molecule has 0 radical (unpaired) electrons. The van der Waals surface area contributed by atoms with Crippen LogP contribution in [0.25, 0.3) is 10.4 Å². The fourth-order valence-electron chi connectivity index (χ4n) is 2.67. The van der Waals surface area contributed by atoms with Crippen LogP contribution in [0, 0.1) is 13.8 Å². The molecule has 0 fully saturated rings. The minimum Gasteiger partial charge on any atom is -0.342 e. The quantitative estimate of drug-likeness (QED) is 0.631. The van der Waals surface area contributed by atoms with Gasteiger partial charge in [-0.15, -0.1) is 11.3 Å². The van der Waals surface area contributed by atoms with Crippen molar-refractivity contribution in [1.82, 2.24) is 5.32 Å². The van der Waals surface area contributed by atoms with Crippen LogP contribution in [0.1, 0.15) is 20.8 Å². The zero-order valence-electron chi connectivity index (χ0n) is 15.0. The molecule has 0 saturated carbocycles. The molecular formula is C21H19ClN2O2S. The SMILES string of the molecule is Cc1cccc(C)c1NC(=O)CNC(=O)c1ccc(-c2ccc(Cl)cc2)s1. The van der Waals surface area contributed by atoms with Gasteiger partial charge in [-0.3, -0.25) is 9.59 Å². The summed E-state index contributed by atoms with van der Waals surface area (Å²) in [7, 11) is 0. The van der Waals surface area contributed by atoms with E-state index in [4.69, 9.17) is 11.6 Å². The van der Waals surface area contributed by atoms with E-state index in [-0.39, 0.29) is 18.4 Å². The third-order valence-corrected chi connectivity index (χ3v) is 5.50. The van der Waals surface area contributed by atoms with E-state index >= 15 is 0 Å². The number of carbonyl (C=O) groups is 2. The molecular weight excluding hydrogens is 380 g/mol. The number of anilines is 1. The summed E-state index contributed by atoms with van der Waals surface area (Å²) in [4.78, 5) is 26.0. The molecule has 1 heterocycles. The van der Waals surface area contributed by atoms with Crippen molar-refractivity contribution >= 4 is 40.4 Å². The lowest BCUT2D eigenvalue weighted by Crippen LogP contribution is -2.32. The van der Waals surface area contributed by atoms with Crippen LogP contribution in [-0.2, 0) is 4.79 Å². The Morgan fingerprint density at radius 3 is 2.30 bits per heavy atom. The number of hydrogen-bond acceptors (Lipinski definition) is 3. The molecule has 4 nitrogen and oxygen atoms in total. The number of carbonyl (C=O) groups excluding carboxylic acids is 2. The Bertz CT molecular complexity index is 960. The minimum absolute atomic E-state index is 0.0826. The Kier molecular flexibility index (Phi) is 5.94. The van der Waals surface area contributed by atoms with Gasteiger partial charge in [-0.05, 0) is 54.8 Å². The van der Waals surface area contributed by atoms with Crippen LogP contribution in [0.15, 0.2) is 54.6 Å². The Morgan fingerprint density at radius 1 is 0.963 bits per heavy atom. The summed E-state index contributed by atoms with van der Waals surface area (Å²) in [6, 6.07) is 16.9. The van der Waals surface area contributed by atoms with Gasteiger partial charge < -0.3 is 10.6 Å². The average Bonchev–Trinajstić information content (AvgIpc) is 3.14. The maximum Gasteiger partial charge on any atom is 0.261 e. The molecule has 0 unspecified atom stereocenters. The topological polar surface area (TPSA) is 58.2 Å². The van der Waals surface area contributed by atoms with Crippen molar-refractivity contribution in [1.29, 1.82) is 0 Å². The zero-order chi connectivity index (χ0) is 19.4. The van der Waals surface area contributed by atoms with Gasteiger partial charge >= 0.3 is 0 Å². The summed E-state index contributed by atoms with van der Waals surface area (Å²) in [5.41, 5.74) is 3.76. The molecule has 0 aliphatic heterocycles. The number of thiophene rings is 1. The molecule has 0 aliphatic rings. The van der Waals surface area contributed by atoms with Crippen molar-refractivity contribution in [2.45, 2.75) is 13.8 Å². The molecule has 1 aromatic heterocycles. The minimum atomic E-state index is -0.267. The largest absolute Gasteiger partial charge is 0.342 e. The van der Waals surface area contributed by atoms with Gasteiger partial charge in [-0.25, -0.2) is 0 Å². The first-order chi connectivity index (χ1) is 12.9. The first-order valence-corrected chi connectivity index (χ1v) is 9.63. The number of rotatable bonds is 5. The molecule has 2 amide bonds. The van der Waals surface area contributed by atoms with Crippen molar-refractivity contribution in [3.05, 3.63) is 75.6 Å². The van der Waals surface area contributed by atoms with Gasteiger partial charge in [0.1, 0.15) is 0 Å². The van der Waals surface area contributed by atoms with Crippen LogP contribution in [0.5, 0.6) is 0 Å². The van der Waals surface area contributed by atoms with Crippen molar-refractivity contribution in [2.75, 3.05) is 11.9 Å². The van der Waals surface area contributed by atoms with E-state index in [0.29, 0.717) is 9.90 Å². The molecule has 27 heavy (non-hydrogen) atoms. The van der Waals surface area contributed by atoms with E-state index < -0.39 is 0 Å². The van der Waals surface area contributed by atoms with E-state index in [1.54, 1.807) is 6.07 Å². The first kappa shape index (κ1) is 19.1. The lowest BCUT2D eigenvalue weighted by atomic mass is 10.1. The van der Waals surface area contributed by atoms with Crippen LogP contribution >= 0.6 is 22.9 Å². The normalized spacial score (nSPS) is 10.5. The van der Waals surface area contributed by atoms with Gasteiger partial charge in [0.05, 0.1) is 11.4 Å². The second-order valence-electron chi connectivity index (χ2n) is 6.17. The van der Waals surface area contributed by atoms with Gasteiger partial charge in [-0.1, -0.05) is 41.9 Å². The Balaban J connectivity index is 1.59. The highest BCUT2D eigenvalue weighted by molar-refractivity contribution is 7.17. The number of hydrogen-bond donors (Lipinski definition) is 2. The van der Waals surface area contributed by atoms with Gasteiger partial charge in [0.15, 0.2) is 0 Å². The van der Waals surface area contributed by atoms with E-state index in [1.165, 1.54) is 11.3 Å². The van der Waals surface area contributed by atoms with Crippen LogP contribution in [0.2, 0.25) is 5.02 Å². The van der Waals surface area contributed by atoms with Gasteiger partial charge in [0.2, 0.25) is 5.91 Å². The fourth-order valence-corrected chi connectivity index (χ4v) is 3.73. The van der Waals surface area contributed by atoms with Gasteiger partial charge in [0, 0.05) is 15.6 Å². The number of para-hydroxylation sites is 1. The summed E-state index contributed by atoms with van der Waals surface area (Å²) in [6.45, 7) is 3.79. The molecule has 0 saturated heterocycles. The van der Waals surface area contributed by atoms with Crippen molar-refractivity contribution in [3.8, 4) is 10.4 Å². The highest BCUT2D eigenvalue weighted by atomic mass is 35.5. The first-order valence-electron chi connectivity index (χ1n) is 8.44. The monoisotopic (exact) mass is 398 g/mol. The third-order valence-electron chi connectivity index (χ3n) is 4.11. The number of halogens is 1. The fraction of sp³-hybridized carbons (Fsp3) is 0.143. The predicted molar refractivity (Wildman–Crippen MR) is 112 cm³/mol. The van der Waals surface area contributed by atoms with E-state index in [2.05, 4.69) is 10.6 Å². The van der Waals surface area contributed by atoms with Crippen molar-refractivity contribution in [2.24, 2.45) is 0 Å². The average molecular weight is 399 g/mol. The number of aryl methyl sites for hydroxylation is 2. The van der Waals surface area contributed by atoms with E-state index in [0.717, 1.165) is 27.3 Å². The summed E-state index contributed by atoms with van der Waals surface area (Å²) in [5, 5.41) is 6.20. The Hall–Kier alpha value is -2.63. The molecule has 6 heteroatoms. The van der Waals surface area contributed by atoms with Gasteiger partial charge in [-0.2, -0.15) is 0 Å². The summed E-state index contributed by atoms with van der Waals surface area (Å²) in [6.07, 6.45) is 0. The molecule has 3 rings (SSSR count). The molecule has 2 aromatic carbocycles. The summed E-state index contributed by atoms with van der Waals surface area (Å²) < 4.78 is 0. The third kappa shape index (κ3) is 4.76. The summed E-state index contributed by atoms with van der Waals surface area (Å²) >= 11 is 7.28. The van der Waals surface area contributed by atoms with Crippen molar-refractivity contribution in [3.63, 3.8) is 0 Å². The second kappa shape index (κ2) is 8.37. The number of benzene rings is 2. The highest BCUT2D eigenvalue weighted by Gasteiger charge is 2.13. The van der Waals surface area contributed by atoms with E-state index in [1.807, 2.05) is 62.4 Å².